The van der Waals surface area contributed by atoms with Gasteiger partial charge in [0.05, 0.1) is 0 Å². The Morgan fingerprint density at radius 2 is 2.14 bits per heavy atom. The highest BCUT2D eigenvalue weighted by Gasteiger charge is 2.21. The summed E-state index contributed by atoms with van der Waals surface area (Å²) in [6.07, 6.45) is 1.62. The molecule has 0 aliphatic heterocycles. The lowest BCUT2D eigenvalue weighted by Gasteiger charge is -2.29. The number of carbonyl (C=O) groups is 1. The number of carbonyl (C=O) groups excluding carboxylic acids is 1. The molecule has 0 aliphatic rings. The first-order valence-corrected chi connectivity index (χ1v) is 6.78. The fourth-order valence-electron chi connectivity index (χ4n) is 2.01. The maximum Gasteiger partial charge on any atom is 0.381 e. The topological polar surface area (TPSA) is 107 Å². The van der Waals surface area contributed by atoms with Gasteiger partial charge in [-0.15, -0.1) is 12.4 Å². The molecule has 126 valence electrons. The van der Waals surface area contributed by atoms with Gasteiger partial charge in [0.2, 0.25) is 11.7 Å². The summed E-state index contributed by atoms with van der Waals surface area (Å²) < 4.78 is 1.62. The van der Waals surface area contributed by atoms with E-state index in [2.05, 4.69) is 4.98 Å². The molecule has 8 nitrogen and oxygen atoms in total. The van der Waals surface area contributed by atoms with E-state index in [-0.39, 0.29) is 36.0 Å². The van der Waals surface area contributed by atoms with Crippen LogP contribution in [-0.4, -0.2) is 45.4 Å². The quantitative estimate of drug-likeness (QED) is 0.598. The second-order valence-corrected chi connectivity index (χ2v) is 5.96. The second kappa shape index (κ2) is 8.09. The van der Waals surface area contributed by atoms with E-state index < -0.39 is 4.92 Å². The minimum absolute atomic E-state index is 0. The van der Waals surface area contributed by atoms with Gasteiger partial charge >= 0.3 is 5.82 Å². The summed E-state index contributed by atoms with van der Waals surface area (Å²) in [4.78, 5) is 27.7. The van der Waals surface area contributed by atoms with Gasteiger partial charge in [0, 0.05) is 33.5 Å². The first-order valence-electron chi connectivity index (χ1n) is 6.78. The molecule has 0 radical (unpaired) electrons. The number of nitro groups is 1. The third-order valence-electron chi connectivity index (χ3n) is 3.36. The van der Waals surface area contributed by atoms with Crippen molar-refractivity contribution in [3.8, 4) is 0 Å². The van der Waals surface area contributed by atoms with Gasteiger partial charge < -0.3 is 25.3 Å². The largest absolute Gasteiger partial charge is 0.381 e. The number of amides is 1. The maximum absolute atomic E-state index is 12.1. The summed E-state index contributed by atoms with van der Waals surface area (Å²) in [6.45, 7) is 7.13. The molecule has 0 aromatic carbocycles. The van der Waals surface area contributed by atoms with Crippen LogP contribution >= 0.6 is 12.4 Å². The van der Waals surface area contributed by atoms with Gasteiger partial charge in [-0.2, -0.15) is 0 Å². The number of rotatable bonds is 7. The number of halogens is 1. The minimum atomic E-state index is -0.540. The van der Waals surface area contributed by atoms with Gasteiger partial charge in [0.15, 0.2) is 0 Å². The van der Waals surface area contributed by atoms with Crippen LogP contribution in [0.3, 0.4) is 0 Å². The van der Waals surface area contributed by atoms with Crippen LogP contribution in [0.25, 0.3) is 0 Å². The monoisotopic (exact) mass is 333 g/mol. The second-order valence-electron chi connectivity index (χ2n) is 5.96. The van der Waals surface area contributed by atoms with E-state index in [1.807, 2.05) is 13.8 Å². The molecule has 1 aromatic heterocycles. The van der Waals surface area contributed by atoms with Gasteiger partial charge in [-0.1, -0.05) is 13.8 Å². The van der Waals surface area contributed by atoms with Crippen molar-refractivity contribution in [2.24, 2.45) is 11.1 Å². The highest BCUT2D eigenvalue weighted by Crippen LogP contribution is 2.15. The highest BCUT2D eigenvalue weighted by atomic mass is 35.5. The predicted molar refractivity (Wildman–Crippen MR) is 86.0 cm³/mol. The van der Waals surface area contributed by atoms with E-state index >= 15 is 0 Å². The van der Waals surface area contributed by atoms with E-state index in [1.54, 1.807) is 23.4 Å². The first-order chi connectivity index (χ1) is 9.66. The zero-order valence-electron chi connectivity index (χ0n) is 13.4. The zero-order chi connectivity index (χ0) is 16.2. The van der Waals surface area contributed by atoms with Crippen molar-refractivity contribution in [1.29, 1.82) is 0 Å². The molecule has 0 saturated carbocycles. The Bertz CT molecular complexity index is 530. The van der Waals surface area contributed by atoms with Crippen LogP contribution in [0.1, 0.15) is 26.1 Å². The third kappa shape index (κ3) is 5.61. The molecule has 1 rings (SSSR count). The van der Waals surface area contributed by atoms with Gasteiger partial charge in [-0.25, -0.2) is 0 Å². The lowest BCUT2D eigenvalue weighted by atomic mass is 9.93. The third-order valence-corrected chi connectivity index (χ3v) is 3.36. The fraction of sp³-hybridized carbons (Fsp3) is 0.692. The summed E-state index contributed by atoms with van der Waals surface area (Å²) in [5.74, 6) is 0.310. The van der Waals surface area contributed by atoms with Crippen LogP contribution in [0.4, 0.5) is 5.82 Å². The smallest absolute Gasteiger partial charge is 0.358 e. The average molecular weight is 334 g/mol. The van der Waals surface area contributed by atoms with Crippen molar-refractivity contribution in [2.45, 2.75) is 33.7 Å². The number of aromatic nitrogens is 2. The zero-order valence-corrected chi connectivity index (χ0v) is 14.2. The molecule has 1 aromatic rings. The maximum atomic E-state index is 12.1. The fourth-order valence-corrected chi connectivity index (χ4v) is 2.01. The van der Waals surface area contributed by atoms with E-state index in [4.69, 9.17) is 5.73 Å². The number of imidazole rings is 1. The Labute approximate surface area is 136 Å². The normalized spacial score (nSPS) is 11.0. The molecule has 0 atom stereocenters. The lowest BCUT2D eigenvalue weighted by Crippen LogP contribution is -2.40. The molecule has 1 amide bonds. The van der Waals surface area contributed by atoms with Gasteiger partial charge in [-0.3, -0.25) is 4.79 Å². The van der Waals surface area contributed by atoms with E-state index in [0.29, 0.717) is 25.5 Å². The Morgan fingerprint density at radius 1 is 1.55 bits per heavy atom. The van der Waals surface area contributed by atoms with Gasteiger partial charge in [0.1, 0.15) is 6.20 Å². The van der Waals surface area contributed by atoms with Gasteiger partial charge in [-0.05, 0) is 21.9 Å². The molecule has 0 saturated heterocycles. The van der Waals surface area contributed by atoms with Crippen molar-refractivity contribution in [1.82, 2.24) is 14.5 Å². The summed E-state index contributed by atoms with van der Waals surface area (Å²) in [5, 5.41) is 10.6. The van der Waals surface area contributed by atoms with Crippen molar-refractivity contribution >= 4 is 24.1 Å². The van der Waals surface area contributed by atoms with Crippen molar-refractivity contribution < 1.29 is 9.72 Å². The Kier molecular flexibility index (Phi) is 7.48. The standard InChI is InChI=1S/C13H23N5O3.ClH/c1-10-15-11(18(20)21)7-17(10)6-5-12(19)16(4)9-13(2,3)8-14;/h7H,5-6,8-9,14H2,1-4H3;1H. The van der Waals surface area contributed by atoms with Crippen LogP contribution in [0.5, 0.6) is 0 Å². The molecule has 2 N–H and O–H groups in total. The molecular weight excluding hydrogens is 310 g/mol. The van der Waals surface area contributed by atoms with Crippen molar-refractivity contribution in [2.75, 3.05) is 20.1 Å². The summed E-state index contributed by atoms with van der Waals surface area (Å²) in [6, 6.07) is 0. The van der Waals surface area contributed by atoms with Crippen LogP contribution in [0.15, 0.2) is 6.20 Å². The summed E-state index contributed by atoms with van der Waals surface area (Å²) in [5.41, 5.74) is 5.53. The van der Waals surface area contributed by atoms with E-state index in [0.717, 1.165) is 0 Å². The summed E-state index contributed by atoms with van der Waals surface area (Å²) in [7, 11) is 1.74. The van der Waals surface area contributed by atoms with E-state index in [9.17, 15) is 14.9 Å². The molecule has 0 unspecified atom stereocenters. The number of nitrogens with two attached hydrogens (primary N) is 1. The number of nitrogens with zero attached hydrogens (tertiary/aromatic N) is 4. The van der Waals surface area contributed by atoms with Crippen molar-refractivity contribution in [3.63, 3.8) is 0 Å². The van der Waals surface area contributed by atoms with Crippen LogP contribution in [0, 0.1) is 22.5 Å². The number of hydrogen-bond donors (Lipinski definition) is 1. The van der Waals surface area contributed by atoms with Crippen LogP contribution < -0.4 is 5.73 Å². The molecule has 0 aliphatic carbocycles. The summed E-state index contributed by atoms with van der Waals surface area (Å²) >= 11 is 0. The Morgan fingerprint density at radius 3 is 2.59 bits per heavy atom. The lowest BCUT2D eigenvalue weighted by molar-refractivity contribution is -0.389. The first kappa shape index (κ1) is 20.3. The molecule has 0 fully saturated rings. The predicted octanol–water partition coefficient (Wildman–Crippen LogP) is 1.35. The number of aryl methyl sites for hydroxylation is 2. The van der Waals surface area contributed by atoms with Crippen LogP contribution in [-0.2, 0) is 11.3 Å². The van der Waals surface area contributed by atoms with Crippen molar-refractivity contribution in [3.05, 3.63) is 22.1 Å². The number of hydrogen-bond acceptors (Lipinski definition) is 5. The molecule has 22 heavy (non-hydrogen) atoms. The Hall–Kier alpha value is -1.67. The molecule has 9 heteroatoms. The molecule has 0 bridgehead atoms. The SMILES string of the molecule is Cc1nc([N+](=O)[O-])cn1CCC(=O)N(C)CC(C)(C)CN.Cl. The van der Waals surface area contributed by atoms with Gasteiger partial charge in [0.25, 0.3) is 0 Å². The van der Waals surface area contributed by atoms with Crippen LogP contribution in [0.2, 0.25) is 0 Å². The molecule has 0 spiro atoms. The highest BCUT2D eigenvalue weighted by molar-refractivity contribution is 5.85. The molecule has 1 heterocycles. The Balaban J connectivity index is 0.00000441. The van der Waals surface area contributed by atoms with E-state index in [1.165, 1.54) is 6.20 Å². The minimum Gasteiger partial charge on any atom is -0.358 e. The molecular formula is C13H24ClN5O3. The average Bonchev–Trinajstić information content (AvgIpc) is 2.77.